The highest BCUT2D eigenvalue weighted by atomic mass is 35.5. The number of rotatable bonds is 5. The molecule has 3 N–H and O–H groups in total. The van der Waals surface area contributed by atoms with Gasteiger partial charge in [-0.15, -0.1) is 0 Å². The maximum atomic E-state index is 13.2. The van der Waals surface area contributed by atoms with Gasteiger partial charge in [0.15, 0.2) is 6.04 Å². The Kier molecular flexibility index (Phi) is 7.31. The maximum absolute atomic E-state index is 13.2. The molecule has 1 fully saturated rings. The molecular weight excluding hydrogens is 356 g/mol. The number of anilines is 1. The molecule has 0 bridgehead atoms. The summed E-state index contributed by atoms with van der Waals surface area (Å²) in [6.45, 7) is 1.96. The van der Waals surface area contributed by atoms with E-state index in [0.29, 0.717) is 11.1 Å². The number of hydrogen-bond donors (Lipinski definition) is 2. The first-order valence-corrected chi connectivity index (χ1v) is 10.5. The van der Waals surface area contributed by atoms with Crippen molar-refractivity contribution in [3.63, 3.8) is 0 Å². The van der Waals surface area contributed by atoms with Crippen LogP contribution in [0.2, 0.25) is 5.02 Å². The lowest BCUT2D eigenvalue weighted by atomic mass is 9.95. The summed E-state index contributed by atoms with van der Waals surface area (Å²) in [4.78, 5) is 13.2. The first kappa shape index (κ1) is 19.9. The minimum atomic E-state index is -0.240. The van der Waals surface area contributed by atoms with Gasteiger partial charge in [-0.05, 0) is 50.3 Å². The standard InChI is InChI=1S/C23H29ClN2O/c1-17-14-15-20(16-21(17)24)26-23(27)22(18-10-6-5-7-11-18)25-19-12-8-3-2-4-9-13-19/h5-7,10-11,14-16,19,22,25H,2-4,8-9,12-13H2,1H3,(H,26,27)/p+1/t22-/m0/s1. The van der Waals surface area contributed by atoms with Crippen LogP contribution in [0.15, 0.2) is 48.5 Å². The highest BCUT2D eigenvalue weighted by molar-refractivity contribution is 6.31. The molecule has 27 heavy (non-hydrogen) atoms. The zero-order valence-electron chi connectivity index (χ0n) is 16.1. The molecule has 0 aromatic heterocycles. The van der Waals surface area contributed by atoms with Crippen LogP contribution < -0.4 is 10.6 Å². The van der Waals surface area contributed by atoms with Gasteiger partial charge in [0.25, 0.3) is 5.91 Å². The number of nitrogens with one attached hydrogen (secondary N) is 1. The molecule has 0 radical (unpaired) electrons. The van der Waals surface area contributed by atoms with Crippen molar-refractivity contribution in [2.45, 2.75) is 64.0 Å². The number of aryl methyl sites for hydroxylation is 1. The summed E-state index contributed by atoms with van der Waals surface area (Å²) in [7, 11) is 0. The first-order chi connectivity index (χ1) is 13.1. The van der Waals surface area contributed by atoms with Crippen molar-refractivity contribution in [2.75, 3.05) is 5.32 Å². The topological polar surface area (TPSA) is 45.7 Å². The second kappa shape index (κ2) is 9.91. The Morgan fingerprint density at radius 2 is 1.70 bits per heavy atom. The van der Waals surface area contributed by atoms with Gasteiger partial charge >= 0.3 is 0 Å². The van der Waals surface area contributed by atoms with Crippen molar-refractivity contribution in [1.29, 1.82) is 0 Å². The van der Waals surface area contributed by atoms with E-state index in [2.05, 4.69) is 10.6 Å². The number of carbonyl (C=O) groups excluding carboxylic acids is 1. The van der Waals surface area contributed by atoms with Crippen molar-refractivity contribution in [1.82, 2.24) is 0 Å². The van der Waals surface area contributed by atoms with Crippen LogP contribution in [0.4, 0.5) is 5.69 Å². The molecule has 1 aliphatic rings. The minimum absolute atomic E-state index is 0.0168. The summed E-state index contributed by atoms with van der Waals surface area (Å²) in [5, 5.41) is 6.03. The van der Waals surface area contributed by atoms with Crippen LogP contribution in [-0.2, 0) is 4.79 Å². The Morgan fingerprint density at radius 1 is 1.04 bits per heavy atom. The fourth-order valence-electron chi connectivity index (χ4n) is 3.85. The second-order valence-corrected chi connectivity index (χ2v) is 8.05. The van der Waals surface area contributed by atoms with E-state index in [1.807, 2.05) is 55.5 Å². The fourth-order valence-corrected chi connectivity index (χ4v) is 4.03. The van der Waals surface area contributed by atoms with Gasteiger partial charge in [-0.3, -0.25) is 4.79 Å². The van der Waals surface area contributed by atoms with E-state index in [-0.39, 0.29) is 11.9 Å². The molecule has 1 amide bonds. The number of hydrogen-bond acceptors (Lipinski definition) is 1. The number of quaternary nitrogens is 1. The van der Waals surface area contributed by atoms with Crippen LogP contribution in [0.25, 0.3) is 0 Å². The van der Waals surface area contributed by atoms with Gasteiger partial charge < -0.3 is 10.6 Å². The maximum Gasteiger partial charge on any atom is 0.287 e. The van der Waals surface area contributed by atoms with E-state index in [1.165, 1.54) is 44.9 Å². The van der Waals surface area contributed by atoms with Crippen molar-refractivity contribution in [3.05, 3.63) is 64.7 Å². The van der Waals surface area contributed by atoms with Crippen molar-refractivity contribution >= 4 is 23.2 Å². The zero-order valence-corrected chi connectivity index (χ0v) is 16.8. The third-order valence-electron chi connectivity index (χ3n) is 5.49. The average Bonchev–Trinajstić information content (AvgIpc) is 2.64. The lowest BCUT2D eigenvalue weighted by Gasteiger charge is -2.24. The number of halogens is 1. The zero-order chi connectivity index (χ0) is 19.1. The lowest BCUT2D eigenvalue weighted by molar-refractivity contribution is -0.716. The quantitative estimate of drug-likeness (QED) is 0.747. The Hall–Kier alpha value is -1.84. The molecular formula is C23H30ClN2O+. The highest BCUT2D eigenvalue weighted by Gasteiger charge is 2.28. The van der Waals surface area contributed by atoms with Crippen LogP contribution in [0.1, 0.15) is 62.1 Å². The largest absolute Gasteiger partial charge is 0.330 e. The summed E-state index contributed by atoms with van der Waals surface area (Å²) in [6.07, 6.45) is 8.88. The molecule has 3 nitrogen and oxygen atoms in total. The number of amides is 1. The molecule has 4 heteroatoms. The molecule has 0 unspecified atom stereocenters. The van der Waals surface area contributed by atoms with Gasteiger partial charge in [-0.25, -0.2) is 0 Å². The Balaban J connectivity index is 1.76. The van der Waals surface area contributed by atoms with Crippen LogP contribution in [0.3, 0.4) is 0 Å². The summed E-state index contributed by atoms with van der Waals surface area (Å²) < 4.78 is 0. The molecule has 0 spiro atoms. The highest BCUT2D eigenvalue weighted by Crippen LogP contribution is 2.22. The molecule has 1 saturated carbocycles. The van der Waals surface area contributed by atoms with Crippen molar-refractivity contribution in [3.8, 4) is 0 Å². The van der Waals surface area contributed by atoms with Crippen LogP contribution in [-0.4, -0.2) is 11.9 Å². The van der Waals surface area contributed by atoms with E-state index < -0.39 is 0 Å². The van der Waals surface area contributed by atoms with Gasteiger partial charge in [0.1, 0.15) is 0 Å². The lowest BCUT2D eigenvalue weighted by Crippen LogP contribution is -2.92. The van der Waals surface area contributed by atoms with E-state index in [9.17, 15) is 4.79 Å². The predicted octanol–water partition coefficient (Wildman–Crippen LogP) is 5.00. The molecule has 0 aliphatic heterocycles. The number of carbonyl (C=O) groups is 1. The van der Waals surface area contributed by atoms with Gasteiger partial charge in [0.2, 0.25) is 0 Å². The first-order valence-electron chi connectivity index (χ1n) is 10.1. The van der Waals surface area contributed by atoms with Crippen LogP contribution in [0, 0.1) is 6.92 Å². The number of nitrogens with two attached hydrogens (primary N) is 1. The smallest absolute Gasteiger partial charge is 0.287 e. The third-order valence-corrected chi connectivity index (χ3v) is 5.90. The summed E-state index contributed by atoms with van der Waals surface area (Å²) >= 11 is 6.22. The molecule has 2 aromatic carbocycles. The molecule has 0 saturated heterocycles. The molecule has 1 atom stereocenters. The normalized spacial score (nSPS) is 17.0. The average molecular weight is 386 g/mol. The molecule has 1 aliphatic carbocycles. The second-order valence-electron chi connectivity index (χ2n) is 7.64. The Morgan fingerprint density at radius 3 is 2.37 bits per heavy atom. The summed E-state index contributed by atoms with van der Waals surface area (Å²) in [5.41, 5.74) is 2.81. The minimum Gasteiger partial charge on any atom is -0.330 e. The molecule has 2 aromatic rings. The van der Waals surface area contributed by atoms with E-state index in [1.54, 1.807) is 0 Å². The monoisotopic (exact) mass is 385 g/mol. The van der Waals surface area contributed by atoms with Crippen molar-refractivity contribution < 1.29 is 10.1 Å². The SMILES string of the molecule is Cc1ccc(NC(=O)[C@@H]([NH2+]C2CCCCCCC2)c2ccccc2)cc1Cl. The molecule has 3 rings (SSSR count). The van der Waals surface area contributed by atoms with Gasteiger partial charge in [0, 0.05) is 16.3 Å². The van der Waals surface area contributed by atoms with Gasteiger partial charge in [0.05, 0.1) is 6.04 Å². The summed E-state index contributed by atoms with van der Waals surface area (Å²) in [5.74, 6) is 0.0168. The van der Waals surface area contributed by atoms with Crippen molar-refractivity contribution in [2.24, 2.45) is 0 Å². The van der Waals surface area contributed by atoms with Gasteiger partial charge in [-0.2, -0.15) is 0 Å². The summed E-state index contributed by atoms with van der Waals surface area (Å²) in [6, 6.07) is 16.0. The Labute approximate surface area is 167 Å². The third kappa shape index (κ3) is 5.82. The van der Waals surface area contributed by atoms with E-state index in [4.69, 9.17) is 11.6 Å². The van der Waals surface area contributed by atoms with E-state index >= 15 is 0 Å². The van der Waals surface area contributed by atoms with Crippen LogP contribution in [0.5, 0.6) is 0 Å². The van der Waals surface area contributed by atoms with Crippen LogP contribution >= 0.6 is 11.6 Å². The fraction of sp³-hybridized carbons (Fsp3) is 0.435. The molecule has 144 valence electrons. The Bertz CT molecular complexity index is 739. The molecule has 0 heterocycles. The predicted molar refractivity (Wildman–Crippen MR) is 112 cm³/mol. The van der Waals surface area contributed by atoms with E-state index in [0.717, 1.165) is 16.8 Å². The number of benzene rings is 2. The van der Waals surface area contributed by atoms with Gasteiger partial charge in [-0.1, -0.05) is 67.3 Å².